The van der Waals surface area contributed by atoms with Gasteiger partial charge in [-0.25, -0.2) is 0 Å². The molecule has 1 atom stereocenters. The number of ether oxygens (including phenoxy) is 1. The summed E-state index contributed by atoms with van der Waals surface area (Å²) in [6, 6.07) is 11.2. The van der Waals surface area contributed by atoms with Crippen LogP contribution in [0.2, 0.25) is 0 Å². The number of guanidine groups is 1. The normalized spacial score (nSPS) is 16.0. The fourth-order valence-electron chi connectivity index (χ4n) is 3.36. The second kappa shape index (κ2) is 15.1. The van der Waals surface area contributed by atoms with Gasteiger partial charge >= 0.3 is 0 Å². The predicted molar refractivity (Wildman–Crippen MR) is 125 cm³/mol. The molecule has 0 spiro atoms. The zero-order valence-electron chi connectivity index (χ0n) is 17.0. The van der Waals surface area contributed by atoms with E-state index in [9.17, 15) is 0 Å². The first-order chi connectivity index (χ1) is 12.8. The molecule has 1 aliphatic heterocycles. The Hall–Kier alpha value is -0.860. The molecule has 1 aliphatic rings. The highest BCUT2D eigenvalue weighted by Crippen LogP contribution is 2.25. The quantitative estimate of drug-likeness (QED) is 0.215. The van der Waals surface area contributed by atoms with Gasteiger partial charge in [0.2, 0.25) is 0 Å². The van der Waals surface area contributed by atoms with Gasteiger partial charge in [-0.1, -0.05) is 30.3 Å². The molecule has 1 fully saturated rings. The van der Waals surface area contributed by atoms with Crippen LogP contribution in [0.3, 0.4) is 0 Å². The Morgan fingerprint density at radius 2 is 1.85 bits per heavy atom. The number of unbranched alkanes of at least 4 members (excludes halogenated alkanes) is 1. The Morgan fingerprint density at radius 3 is 2.52 bits per heavy atom. The minimum atomic E-state index is 0. The van der Waals surface area contributed by atoms with Crippen LogP contribution in [0.15, 0.2) is 35.3 Å². The Labute approximate surface area is 182 Å². The molecule has 6 heteroatoms. The smallest absolute Gasteiger partial charge is 0.191 e. The fraction of sp³-hybridized carbons (Fsp3) is 0.667. The predicted octanol–water partition coefficient (Wildman–Crippen LogP) is 3.81. The van der Waals surface area contributed by atoms with E-state index in [0.717, 1.165) is 51.6 Å². The summed E-state index contributed by atoms with van der Waals surface area (Å²) in [5, 5.41) is 6.83. The number of likely N-dealkylation sites (tertiary alicyclic amines) is 1. The molecule has 0 aromatic heterocycles. The molecular formula is C21H37IN4O. The van der Waals surface area contributed by atoms with Crippen molar-refractivity contribution in [1.29, 1.82) is 0 Å². The van der Waals surface area contributed by atoms with Crippen molar-refractivity contribution in [1.82, 2.24) is 15.5 Å². The largest absolute Gasteiger partial charge is 0.382 e. The molecule has 0 saturated carbocycles. The van der Waals surface area contributed by atoms with Crippen molar-refractivity contribution in [3.8, 4) is 0 Å². The Balaban J connectivity index is 0.00000364. The lowest BCUT2D eigenvalue weighted by Gasteiger charge is -2.27. The second-order valence-corrected chi connectivity index (χ2v) is 6.72. The molecule has 2 N–H and O–H groups in total. The molecule has 27 heavy (non-hydrogen) atoms. The highest BCUT2D eigenvalue weighted by Gasteiger charge is 2.23. The zero-order chi connectivity index (χ0) is 18.5. The molecule has 1 saturated heterocycles. The highest BCUT2D eigenvalue weighted by atomic mass is 127. The van der Waals surface area contributed by atoms with Gasteiger partial charge in [-0.05, 0) is 58.2 Å². The van der Waals surface area contributed by atoms with Crippen molar-refractivity contribution < 1.29 is 4.74 Å². The van der Waals surface area contributed by atoms with Gasteiger partial charge in [-0.2, -0.15) is 0 Å². The summed E-state index contributed by atoms with van der Waals surface area (Å²) < 4.78 is 5.39. The van der Waals surface area contributed by atoms with Gasteiger partial charge in [0.25, 0.3) is 0 Å². The van der Waals surface area contributed by atoms with Crippen LogP contribution in [-0.4, -0.2) is 56.8 Å². The number of rotatable bonds is 11. The van der Waals surface area contributed by atoms with Crippen molar-refractivity contribution in [2.24, 2.45) is 4.99 Å². The molecule has 0 radical (unpaired) electrons. The summed E-state index contributed by atoms with van der Waals surface area (Å²) in [5.41, 5.74) is 1.37. The van der Waals surface area contributed by atoms with Crippen LogP contribution < -0.4 is 10.6 Å². The van der Waals surface area contributed by atoms with E-state index in [1.54, 1.807) is 0 Å². The first-order valence-corrected chi connectivity index (χ1v) is 10.2. The number of hydrogen-bond acceptors (Lipinski definition) is 3. The molecule has 1 aromatic rings. The fourth-order valence-corrected chi connectivity index (χ4v) is 3.36. The lowest BCUT2D eigenvalue weighted by atomic mass is 10.1. The van der Waals surface area contributed by atoms with Crippen molar-refractivity contribution in [2.75, 3.05) is 45.9 Å². The number of halogens is 1. The van der Waals surface area contributed by atoms with Gasteiger partial charge in [-0.15, -0.1) is 24.0 Å². The van der Waals surface area contributed by atoms with E-state index in [4.69, 9.17) is 9.73 Å². The van der Waals surface area contributed by atoms with E-state index < -0.39 is 0 Å². The molecule has 1 aromatic carbocycles. The molecular weight excluding hydrogens is 451 g/mol. The van der Waals surface area contributed by atoms with E-state index >= 15 is 0 Å². The third-order valence-corrected chi connectivity index (χ3v) is 4.74. The molecule has 2 rings (SSSR count). The average Bonchev–Trinajstić information content (AvgIpc) is 3.20. The number of nitrogens with zero attached hydrogens (tertiary/aromatic N) is 2. The van der Waals surface area contributed by atoms with Gasteiger partial charge < -0.3 is 15.4 Å². The minimum Gasteiger partial charge on any atom is -0.382 e. The minimum absolute atomic E-state index is 0. The maximum absolute atomic E-state index is 5.39. The monoisotopic (exact) mass is 488 g/mol. The summed E-state index contributed by atoms with van der Waals surface area (Å²) in [5.74, 6) is 0.920. The number of aliphatic imine (C=N–C) groups is 1. The van der Waals surface area contributed by atoms with Crippen molar-refractivity contribution >= 4 is 29.9 Å². The topological polar surface area (TPSA) is 48.9 Å². The average molecular weight is 488 g/mol. The summed E-state index contributed by atoms with van der Waals surface area (Å²) in [4.78, 5) is 7.46. The van der Waals surface area contributed by atoms with Gasteiger partial charge in [0.1, 0.15) is 0 Å². The van der Waals surface area contributed by atoms with E-state index in [0.29, 0.717) is 6.04 Å². The standard InChI is InChI=1S/C21H36N4O.HI/c1-3-22-21(23-14-8-11-17-26-4-2)24-18-20(25-15-9-10-16-25)19-12-6-5-7-13-19;/h5-7,12-13,20H,3-4,8-11,14-18H2,1-2H3,(H2,22,23,24);1H. The Kier molecular flexibility index (Phi) is 13.5. The molecule has 0 aliphatic carbocycles. The van der Waals surface area contributed by atoms with E-state index in [2.05, 4.69) is 52.8 Å². The lowest BCUT2D eigenvalue weighted by Crippen LogP contribution is -2.39. The van der Waals surface area contributed by atoms with Crippen LogP contribution in [0.25, 0.3) is 0 Å². The molecule has 1 heterocycles. The van der Waals surface area contributed by atoms with Crippen molar-refractivity contribution in [3.05, 3.63) is 35.9 Å². The van der Waals surface area contributed by atoms with Gasteiger partial charge in [0.05, 0.1) is 12.6 Å². The van der Waals surface area contributed by atoms with Crippen LogP contribution in [0.1, 0.15) is 51.1 Å². The van der Waals surface area contributed by atoms with Crippen LogP contribution in [0.4, 0.5) is 0 Å². The SMILES string of the molecule is CCNC(=NCC(c1ccccc1)N1CCCC1)NCCCCOCC.I. The lowest BCUT2D eigenvalue weighted by molar-refractivity contribution is 0.143. The zero-order valence-corrected chi connectivity index (χ0v) is 19.3. The van der Waals surface area contributed by atoms with Crippen LogP contribution in [0, 0.1) is 0 Å². The maximum Gasteiger partial charge on any atom is 0.191 e. The Morgan fingerprint density at radius 1 is 1.11 bits per heavy atom. The maximum atomic E-state index is 5.39. The number of nitrogens with one attached hydrogen (secondary N) is 2. The highest BCUT2D eigenvalue weighted by molar-refractivity contribution is 14.0. The first-order valence-electron chi connectivity index (χ1n) is 10.2. The summed E-state index contributed by atoms with van der Waals surface area (Å²) in [7, 11) is 0. The summed E-state index contributed by atoms with van der Waals surface area (Å²) >= 11 is 0. The van der Waals surface area contributed by atoms with Gasteiger partial charge in [0, 0.05) is 26.3 Å². The second-order valence-electron chi connectivity index (χ2n) is 6.72. The third-order valence-electron chi connectivity index (χ3n) is 4.74. The van der Waals surface area contributed by atoms with Crippen LogP contribution in [-0.2, 0) is 4.74 Å². The summed E-state index contributed by atoms with van der Waals surface area (Å²) in [6.45, 7) is 10.7. The third kappa shape index (κ3) is 9.25. The van der Waals surface area contributed by atoms with E-state index in [-0.39, 0.29) is 24.0 Å². The molecule has 1 unspecified atom stereocenters. The van der Waals surface area contributed by atoms with Crippen LogP contribution in [0.5, 0.6) is 0 Å². The number of benzene rings is 1. The van der Waals surface area contributed by atoms with Gasteiger partial charge in [0.15, 0.2) is 5.96 Å². The molecule has 0 amide bonds. The molecule has 5 nitrogen and oxygen atoms in total. The van der Waals surface area contributed by atoms with Crippen molar-refractivity contribution in [3.63, 3.8) is 0 Å². The van der Waals surface area contributed by atoms with Crippen molar-refractivity contribution in [2.45, 2.75) is 45.6 Å². The van der Waals surface area contributed by atoms with E-state index in [1.807, 2.05) is 6.92 Å². The van der Waals surface area contributed by atoms with Crippen LogP contribution >= 0.6 is 24.0 Å². The Bertz CT molecular complexity index is 506. The number of hydrogen-bond donors (Lipinski definition) is 2. The molecule has 154 valence electrons. The first kappa shape index (κ1) is 24.2. The summed E-state index contributed by atoms with van der Waals surface area (Å²) in [6.07, 6.45) is 4.77. The van der Waals surface area contributed by atoms with Gasteiger partial charge in [-0.3, -0.25) is 9.89 Å². The van der Waals surface area contributed by atoms with E-state index in [1.165, 1.54) is 31.5 Å². The molecule has 0 bridgehead atoms.